The lowest BCUT2D eigenvalue weighted by Crippen LogP contribution is -2.53. The number of hydrogen-bond acceptors (Lipinski definition) is 6. The predicted octanol–water partition coefficient (Wildman–Crippen LogP) is 4.32. The lowest BCUT2D eigenvalue weighted by atomic mass is 10.0. The number of nitrogens with one attached hydrogen (secondary N) is 2. The molecule has 2 N–H and O–H groups in total. The van der Waals surface area contributed by atoms with Gasteiger partial charge in [-0.3, -0.25) is 9.69 Å². The van der Waals surface area contributed by atoms with Gasteiger partial charge in [-0.15, -0.1) is 0 Å². The van der Waals surface area contributed by atoms with Crippen molar-refractivity contribution >= 4 is 34.0 Å². The third kappa shape index (κ3) is 5.70. The number of nitrogens with zero attached hydrogens (tertiary/aromatic N) is 4. The first-order valence-electron chi connectivity index (χ1n) is 11.9. The van der Waals surface area contributed by atoms with Crippen LogP contribution in [0.15, 0.2) is 49.3 Å². The third-order valence-electron chi connectivity index (χ3n) is 6.44. The van der Waals surface area contributed by atoms with Crippen LogP contribution in [-0.4, -0.2) is 64.4 Å². The van der Waals surface area contributed by atoms with E-state index >= 15 is 0 Å². The van der Waals surface area contributed by atoms with E-state index in [1.807, 2.05) is 12.1 Å². The zero-order chi connectivity index (χ0) is 25.9. The molecule has 2 heterocycles. The smallest absolute Gasteiger partial charge is 0.247 e. The molecule has 7 nitrogen and oxygen atoms in total. The van der Waals surface area contributed by atoms with Crippen LogP contribution in [0.3, 0.4) is 0 Å². The van der Waals surface area contributed by atoms with Gasteiger partial charge in [0.1, 0.15) is 18.0 Å². The summed E-state index contributed by atoms with van der Waals surface area (Å²) in [6.45, 7) is 13.4. The number of hydrogen-bond donors (Lipinski definition) is 2. The van der Waals surface area contributed by atoms with E-state index in [2.05, 4.69) is 69.7 Å². The highest BCUT2D eigenvalue weighted by molar-refractivity contribution is 6.03. The molecular weight excluding hydrogens is 455 g/mol. The maximum Gasteiger partial charge on any atom is 0.247 e. The standard InChI is InChI=1S/C28H31FN6O/c1-6-26(36)33-24-17-22-25(30-18-31-27(22)32-21-7-8-23(29)19(2)15-21)16-20(24)9-10-28(3,4)35-13-11-34(5)12-14-35/h6-8,15-18H,1,11-14H2,2-5H3,(H,33,36)(H,30,31,32). The van der Waals surface area contributed by atoms with E-state index in [4.69, 9.17) is 0 Å². The van der Waals surface area contributed by atoms with Crippen LogP contribution >= 0.6 is 0 Å². The number of amides is 1. The number of anilines is 3. The van der Waals surface area contributed by atoms with Crippen LogP contribution in [-0.2, 0) is 4.79 Å². The van der Waals surface area contributed by atoms with Crippen molar-refractivity contribution in [1.82, 2.24) is 19.8 Å². The van der Waals surface area contributed by atoms with Gasteiger partial charge in [0.05, 0.1) is 22.3 Å². The molecule has 1 aliphatic rings. The first-order valence-corrected chi connectivity index (χ1v) is 11.9. The summed E-state index contributed by atoms with van der Waals surface area (Å²) < 4.78 is 13.7. The fourth-order valence-electron chi connectivity index (χ4n) is 4.12. The Hall–Kier alpha value is -3.80. The number of fused-ring (bicyclic) bond motifs is 1. The number of aromatic nitrogens is 2. The normalized spacial score (nSPS) is 14.7. The fraction of sp³-hybridized carbons (Fsp3) is 0.321. The molecule has 36 heavy (non-hydrogen) atoms. The number of benzene rings is 2. The van der Waals surface area contributed by atoms with Crippen molar-refractivity contribution in [3.63, 3.8) is 0 Å². The van der Waals surface area contributed by atoms with Crippen molar-refractivity contribution in [2.24, 2.45) is 0 Å². The Bertz CT molecular complexity index is 1370. The minimum atomic E-state index is -0.339. The van der Waals surface area contributed by atoms with Crippen LogP contribution in [0.5, 0.6) is 0 Å². The predicted molar refractivity (Wildman–Crippen MR) is 143 cm³/mol. The summed E-state index contributed by atoms with van der Waals surface area (Å²) in [6.07, 6.45) is 2.69. The number of rotatable bonds is 5. The summed E-state index contributed by atoms with van der Waals surface area (Å²) in [5.41, 5.74) is 2.75. The van der Waals surface area contributed by atoms with Gasteiger partial charge in [0, 0.05) is 37.3 Å². The van der Waals surface area contributed by atoms with Crippen LogP contribution < -0.4 is 10.6 Å². The van der Waals surface area contributed by atoms with Gasteiger partial charge >= 0.3 is 0 Å². The van der Waals surface area contributed by atoms with E-state index in [1.54, 1.807) is 19.1 Å². The average molecular weight is 487 g/mol. The Morgan fingerprint density at radius 1 is 1.17 bits per heavy atom. The summed E-state index contributed by atoms with van der Waals surface area (Å²) in [6, 6.07) is 8.43. The van der Waals surface area contributed by atoms with Crippen LogP contribution in [0.25, 0.3) is 10.9 Å². The van der Waals surface area contributed by atoms with Gasteiger partial charge in [-0.25, -0.2) is 14.4 Å². The van der Waals surface area contributed by atoms with Gasteiger partial charge in [-0.05, 0) is 69.8 Å². The van der Waals surface area contributed by atoms with Gasteiger partial charge in [-0.2, -0.15) is 0 Å². The minimum absolute atomic E-state index is 0.273. The lowest BCUT2D eigenvalue weighted by molar-refractivity contribution is -0.111. The van der Waals surface area contributed by atoms with Crippen LogP contribution in [0.4, 0.5) is 21.6 Å². The van der Waals surface area contributed by atoms with E-state index in [1.165, 1.54) is 18.5 Å². The highest BCUT2D eigenvalue weighted by Crippen LogP contribution is 2.29. The van der Waals surface area contributed by atoms with Gasteiger partial charge in [0.25, 0.3) is 0 Å². The monoisotopic (exact) mass is 486 g/mol. The second-order valence-corrected chi connectivity index (χ2v) is 9.52. The zero-order valence-electron chi connectivity index (χ0n) is 21.2. The molecule has 4 rings (SSSR count). The first kappa shape index (κ1) is 25.3. The van der Waals surface area contributed by atoms with Gasteiger partial charge in [-0.1, -0.05) is 18.4 Å². The summed E-state index contributed by atoms with van der Waals surface area (Å²) in [5, 5.41) is 6.80. The molecule has 0 unspecified atom stereocenters. The minimum Gasteiger partial charge on any atom is -0.340 e. The topological polar surface area (TPSA) is 73.4 Å². The zero-order valence-corrected chi connectivity index (χ0v) is 21.2. The highest BCUT2D eigenvalue weighted by Gasteiger charge is 2.27. The van der Waals surface area contributed by atoms with Crippen molar-refractivity contribution in [3.05, 3.63) is 66.3 Å². The molecule has 0 saturated carbocycles. The van der Waals surface area contributed by atoms with Crippen molar-refractivity contribution in [3.8, 4) is 11.8 Å². The largest absolute Gasteiger partial charge is 0.340 e. The summed E-state index contributed by atoms with van der Waals surface area (Å²) >= 11 is 0. The van der Waals surface area contributed by atoms with E-state index in [0.717, 1.165) is 26.2 Å². The van der Waals surface area contributed by atoms with Crippen molar-refractivity contribution in [2.75, 3.05) is 43.9 Å². The van der Waals surface area contributed by atoms with Crippen LogP contribution in [0, 0.1) is 24.6 Å². The molecule has 0 bridgehead atoms. The van der Waals surface area contributed by atoms with Crippen molar-refractivity contribution < 1.29 is 9.18 Å². The third-order valence-corrected chi connectivity index (χ3v) is 6.44. The number of likely N-dealkylation sites (N-methyl/N-ethyl adjacent to an activating group) is 1. The maximum absolute atomic E-state index is 13.7. The van der Waals surface area contributed by atoms with E-state index in [9.17, 15) is 9.18 Å². The number of carbonyl (C=O) groups is 1. The molecular formula is C28H31FN6O. The Balaban J connectivity index is 1.73. The first-order chi connectivity index (χ1) is 17.2. The lowest BCUT2D eigenvalue weighted by Gasteiger charge is -2.40. The molecule has 1 amide bonds. The molecule has 3 aromatic rings. The molecule has 0 radical (unpaired) electrons. The van der Waals surface area contributed by atoms with Crippen molar-refractivity contribution in [1.29, 1.82) is 0 Å². The van der Waals surface area contributed by atoms with Gasteiger partial charge < -0.3 is 15.5 Å². The molecule has 0 spiro atoms. The molecule has 0 atom stereocenters. The second kappa shape index (κ2) is 10.4. The van der Waals surface area contributed by atoms with E-state index in [0.29, 0.717) is 39.2 Å². The van der Waals surface area contributed by atoms with Gasteiger partial charge in [0.15, 0.2) is 0 Å². The molecule has 1 aliphatic heterocycles. The number of piperazine rings is 1. The molecule has 0 aliphatic carbocycles. The van der Waals surface area contributed by atoms with E-state index < -0.39 is 0 Å². The highest BCUT2D eigenvalue weighted by atomic mass is 19.1. The SMILES string of the molecule is C=CC(=O)Nc1cc2c(Nc3ccc(F)c(C)c3)ncnc2cc1C#CC(C)(C)N1CCN(C)CC1. The molecule has 2 aromatic carbocycles. The molecule has 1 aromatic heterocycles. The molecule has 186 valence electrons. The second-order valence-electron chi connectivity index (χ2n) is 9.52. The number of aryl methyl sites for hydroxylation is 1. The molecule has 8 heteroatoms. The quantitative estimate of drug-likeness (QED) is 0.413. The summed E-state index contributed by atoms with van der Waals surface area (Å²) in [5.74, 6) is 6.63. The molecule has 1 saturated heterocycles. The fourth-order valence-corrected chi connectivity index (χ4v) is 4.12. The average Bonchev–Trinajstić information content (AvgIpc) is 2.85. The van der Waals surface area contributed by atoms with Crippen molar-refractivity contribution in [2.45, 2.75) is 26.3 Å². The van der Waals surface area contributed by atoms with Crippen LogP contribution in [0.2, 0.25) is 0 Å². The Kier molecular flexibility index (Phi) is 7.34. The molecule has 1 fully saturated rings. The number of carbonyl (C=O) groups excluding carboxylic acids is 1. The Morgan fingerprint density at radius 2 is 1.92 bits per heavy atom. The summed E-state index contributed by atoms with van der Waals surface area (Å²) in [4.78, 5) is 25.7. The van der Waals surface area contributed by atoms with E-state index in [-0.39, 0.29) is 17.3 Å². The number of halogens is 1. The Labute approximate surface area is 211 Å². The Morgan fingerprint density at radius 3 is 2.61 bits per heavy atom. The maximum atomic E-state index is 13.7. The van der Waals surface area contributed by atoms with Crippen LogP contribution in [0.1, 0.15) is 25.0 Å². The summed E-state index contributed by atoms with van der Waals surface area (Å²) in [7, 11) is 2.13. The van der Waals surface area contributed by atoms with Gasteiger partial charge in [0.2, 0.25) is 5.91 Å².